The van der Waals surface area contributed by atoms with Crippen LogP contribution in [-0.2, 0) is 19.1 Å². The Morgan fingerprint density at radius 2 is 1.72 bits per heavy atom. The third kappa shape index (κ3) is 5.31. The summed E-state index contributed by atoms with van der Waals surface area (Å²) >= 11 is 0. The first-order valence-electron chi connectivity index (χ1n) is 11.1. The molecule has 0 radical (unpaired) electrons. The molecule has 0 atom stereocenters. The molecule has 0 unspecified atom stereocenters. The minimum atomic E-state index is -0.849. The largest absolute Gasteiger partial charge is 0.497 e. The Balaban J connectivity index is 1.52. The molecule has 1 N–H and O–H groups in total. The molecular formula is C25H25N3O8. The van der Waals surface area contributed by atoms with Crippen molar-refractivity contribution in [2.24, 2.45) is 0 Å². The van der Waals surface area contributed by atoms with E-state index in [0.717, 1.165) is 4.90 Å². The second-order valence-electron chi connectivity index (χ2n) is 7.85. The van der Waals surface area contributed by atoms with Gasteiger partial charge < -0.3 is 23.8 Å². The van der Waals surface area contributed by atoms with Gasteiger partial charge in [-0.1, -0.05) is 6.07 Å². The number of hydrogen-bond donors (Lipinski definition) is 1. The predicted molar refractivity (Wildman–Crippen MR) is 128 cm³/mol. The van der Waals surface area contributed by atoms with Crippen molar-refractivity contribution in [3.05, 3.63) is 53.6 Å². The van der Waals surface area contributed by atoms with Crippen LogP contribution in [0.5, 0.6) is 17.2 Å². The summed E-state index contributed by atoms with van der Waals surface area (Å²) in [5.41, 5.74) is 0.507. The molecule has 2 fully saturated rings. The maximum Gasteiger partial charge on any atom is 0.335 e. The van der Waals surface area contributed by atoms with Crippen molar-refractivity contribution in [2.45, 2.75) is 0 Å². The molecule has 36 heavy (non-hydrogen) atoms. The van der Waals surface area contributed by atoms with Gasteiger partial charge in [0.2, 0.25) is 0 Å². The highest BCUT2D eigenvalue weighted by atomic mass is 16.5. The molecule has 0 aromatic heterocycles. The summed E-state index contributed by atoms with van der Waals surface area (Å²) in [4.78, 5) is 52.9. The van der Waals surface area contributed by atoms with Crippen LogP contribution in [0.15, 0.2) is 48.0 Å². The van der Waals surface area contributed by atoms with Gasteiger partial charge in [-0.3, -0.25) is 19.7 Å². The second-order valence-corrected chi connectivity index (χ2v) is 7.85. The molecule has 4 rings (SSSR count). The first-order chi connectivity index (χ1) is 17.4. The zero-order chi connectivity index (χ0) is 25.7. The number of nitrogens with one attached hydrogen (secondary N) is 1. The van der Waals surface area contributed by atoms with E-state index in [-0.39, 0.29) is 23.8 Å². The number of benzene rings is 2. The van der Waals surface area contributed by atoms with Crippen molar-refractivity contribution >= 4 is 35.5 Å². The summed E-state index contributed by atoms with van der Waals surface area (Å²) in [5.74, 6) is -0.563. The van der Waals surface area contributed by atoms with Crippen molar-refractivity contribution in [3.63, 3.8) is 0 Å². The Bertz CT molecular complexity index is 1200. The van der Waals surface area contributed by atoms with E-state index in [1.807, 2.05) is 0 Å². The number of amides is 5. The van der Waals surface area contributed by atoms with Crippen LogP contribution in [0.4, 0.5) is 10.5 Å². The van der Waals surface area contributed by atoms with Gasteiger partial charge in [0.05, 0.1) is 33.1 Å². The van der Waals surface area contributed by atoms with Gasteiger partial charge in [-0.2, -0.15) is 0 Å². The van der Waals surface area contributed by atoms with E-state index in [1.54, 1.807) is 35.2 Å². The number of rotatable bonds is 7. The molecule has 0 bridgehead atoms. The van der Waals surface area contributed by atoms with E-state index in [4.69, 9.17) is 18.9 Å². The van der Waals surface area contributed by atoms with E-state index < -0.39 is 17.8 Å². The predicted octanol–water partition coefficient (Wildman–Crippen LogP) is 1.61. The molecule has 5 amide bonds. The Hall–Kier alpha value is -4.38. The van der Waals surface area contributed by atoms with Crippen LogP contribution in [0.25, 0.3) is 6.08 Å². The van der Waals surface area contributed by atoms with E-state index in [1.165, 1.54) is 32.4 Å². The van der Waals surface area contributed by atoms with Gasteiger partial charge in [0, 0.05) is 13.1 Å². The fraction of sp³-hybridized carbons (Fsp3) is 0.280. The number of hydrogen-bond acceptors (Lipinski definition) is 8. The minimum absolute atomic E-state index is 0.167. The second kappa shape index (κ2) is 10.9. The fourth-order valence-corrected chi connectivity index (χ4v) is 3.73. The summed E-state index contributed by atoms with van der Waals surface area (Å²) in [6.07, 6.45) is 1.35. The molecule has 2 aromatic rings. The quantitative estimate of drug-likeness (QED) is 0.454. The van der Waals surface area contributed by atoms with Crippen molar-refractivity contribution < 1.29 is 38.1 Å². The lowest BCUT2D eigenvalue weighted by atomic mass is 10.1. The van der Waals surface area contributed by atoms with Crippen LogP contribution in [0.2, 0.25) is 0 Å². The standard InChI is InChI=1S/C25H25N3O8/c1-33-18-6-4-17(5-7-18)28-24(31)19(23(30)26-25(28)32)13-16-3-8-20(21(14-16)34-2)36-15-22(29)27-9-11-35-12-10-27/h3-8,13-14H,9-12,15H2,1-2H3,(H,26,30,32)/b19-13-. The number of nitrogens with zero attached hydrogens (tertiary/aromatic N) is 2. The molecule has 2 aliphatic rings. The maximum absolute atomic E-state index is 13.1. The number of methoxy groups -OCH3 is 2. The van der Waals surface area contributed by atoms with Crippen LogP contribution in [0.3, 0.4) is 0 Å². The van der Waals surface area contributed by atoms with Crippen LogP contribution < -0.4 is 24.4 Å². The number of morpholine rings is 1. The van der Waals surface area contributed by atoms with Crippen LogP contribution >= 0.6 is 0 Å². The Labute approximate surface area is 207 Å². The van der Waals surface area contributed by atoms with Crippen LogP contribution in [0, 0.1) is 0 Å². The third-order valence-corrected chi connectivity index (χ3v) is 5.65. The average Bonchev–Trinajstić information content (AvgIpc) is 2.90. The number of barbiturate groups is 1. The molecule has 11 heteroatoms. The van der Waals surface area contributed by atoms with E-state index in [9.17, 15) is 19.2 Å². The number of carbonyl (C=O) groups excluding carboxylic acids is 4. The highest BCUT2D eigenvalue weighted by molar-refractivity contribution is 6.39. The number of urea groups is 1. The molecule has 0 saturated carbocycles. The van der Waals surface area contributed by atoms with Crippen molar-refractivity contribution in [1.82, 2.24) is 10.2 Å². The van der Waals surface area contributed by atoms with Gasteiger partial charge in [-0.15, -0.1) is 0 Å². The highest BCUT2D eigenvalue weighted by Gasteiger charge is 2.36. The molecule has 2 aliphatic heterocycles. The zero-order valence-electron chi connectivity index (χ0n) is 19.8. The van der Waals surface area contributed by atoms with Crippen molar-refractivity contribution in [1.29, 1.82) is 0 Å². The molecule has 0 aliphatic carbocycles. The number of carbonyl (C=O) groups is 4. The van der Waals surface area contributed by atoms with Crippen LogP contribution in [-0.4, -0.2) is 75.8 Å². The minimum Gasteiger partial charge on any atom is -0.497 e. The summed E-state index contributed by atoms with van der Waals surface area (Å²) in [7, 11) is 2.94. The lowest BCUT2D eigenvalue weighted by molar-refractivity contribution is -0.137. The van der Waals surface area contributed by atoms with Gasteiger partial charge in [0.1, 0.15) is 11.3 Å². The Kier molecular flexibility index (Phi) is 7.50. The number of imide groups is 2. The normalized spacial score (nSPS) is 17.2. The molecular weight excluding hydrogens is 470 g/mol. The molecule has 0 spiro atoms. The molecule has 188 valence electrons. The first kappa shape index (κ1) is 24.7. The number of ether oxygens (including phenoxy) is 4. The lowest BCUT2D eigenvalue weighted by Gasteiger charge is -2.27. The lowest BCUT2D eigenvalue weighted by Crippen LogP contribution is -2.54. The van der Waals surface area contributed by atoms with E-state index in [2.05, 4.69) is 5.32 Å². The Morgan fingerprint density at radius 3 is 2.39 bits per heavy atom. The van der Waals surface area contributed by atoms with Crippen molar-refractivity contribution in [2.75, 3.05) is 52.0 Å². The first-order valence-corrected chi connectivity index (χ1v) is 11.1. The highest BCUT2D eigenvalue weighted by Crippen LogP contribution is 2.30. The maximum atomic E-state index is 13.1. The SMILES string of the molecule is COc1ccc(N2C(=O)NC(=O)/C(=C/c3ccc(OCC(=O)N4CCOCC4)c(OC)c3)C2=O)cc1. The summed E-state index contributed by atoms with van der Waals surface area (Å²) < 4.78 is 21.4. The van der Waals surface area contributed by atoms with Crippen LogP contribution in [0.1, 0.15) is 5.56 Å². The molecule has 2 aromatic carbocycles. The fourth-order valence-electron chi connectivity index (χ4n) is 3.73. The van der Waals surface area contributed by atoms with Gasteiger partial charge in [-0.25, -0.2) is 9.69 Å². The smallest absolute Gasteiger partial charge is 0.335 e. The molecule has 11 nitrogen and oxygen atoms in total. The monoisotopic (exact) mass is 495 g/mol. The summed E-state index contributed by atoms with van der Waals surface area (Å²) in [6, 6.07) is 10.2. The van der Waals surface area contributed by atoms with E-state index in [0.29, 0.717) is 49.1 Å². The average molecular weight is 495 g/mol. The van der Waals surface area contributed by atoms with Crippen molar-refractivity contribution in [3.8, 4) is 17.2 Å². The van der Waals surface area contributed by atoms with Gasteiger partial charge in [0.25, 0.3) is 17.7 Å². The molecule has 2 heterocycles. The van der Waals surface area contributed by atoms with Gasteiger partial charge in [-0.05, 0) is 48.0 Å². The third-order valence-electron chi connectivity index (χ3n) is 5.65. The topological polar surface area (TPSA) is 124 Å². The van der Waals surface area contributed by atoms with E-state index >= 15 is 0 Å². The molecule has 2 saturated heterocycles. The summed E-state index contributed by atoms with van der Waals surface area (Å²) in [5, 5.41) is 2.18. The zero-order valence-corrected chi connectivity index (χ0v) is 19.8. The number of anilines is 1. The van der Waals surface area contributed by atoms with Gasteiger partial charge in [0.15, 0.2) is 18.1 Å². The van der Waals surface area contributed by atoms with Gasteiger partial charge >= 0.3 is 6.03 Å². The Morgan fingerprint density at radius 1 is 1.00 bits per heavy atom. The summed E-state index contributed by atoms with van der Waals surface area (Å²) in [6.45, 7) is 1.84.